The molecule has 2 aromatic carbocycles. The molecule has 0 aromatic heterocycles. The van der Waals surface area contributed by atoms with E-state index in [4.69, 9.17) is 9.47 Å². The summed E-state index contributed by atoms with van der Waals surface area (Å²) in [7, 11) is 0. The van der Waals surface area contributed by atoms with Crippen molar-refractivity contribution in [3.63, 3.8) is 0 Å². The third kappa shape index (κ3) is 5.24. The van der Waals surface area contributed by atoms with Crippen LogP contribution in [0, 0.1) is 19.8 Å². The number of hydrogen-bond acceptors (Lipinski definition) is 3. The van der Waals surface area contributed by atoms with Crippen LogP contribution in [0.5, 0.6) is 11.5 Å². The van der Waals surface area contributed by atoms with Gasteiger partial charge in [0.2, 0.25) is 0 Å². The molecule has 2 aromatic rings. The first kappa shape index (κ1) is 18.8. The Balaban J connectivity index is 2.19. The summed E-state index contributed by atoms with van der Waals surface area (Å²) in [4.78, 5) is 12.6. The van der Waals surface area contributed by atoms with E-state index < -0.39 is 0 Å². The number of ether oxygens (including phenoxy) is 2. The largest absolute Gasteiger partial charge is 0.490 e. The van der Waals surface area contributed by atoms with E-state index in [2.05, 4.69) is 19.2 Å². The second kappa shape index (κ2) is 8.56. The van der Waals surface area contributed by atoms with Crippen molar-refractivity contribution in [1.82, 2.24) is 0 Å². The lowest BCUT2D eigenvalue weighted by atomic mass is 10.1. The zero-order chi connectivity index (χ0) is 18.4. The van der Waals surface area contributed by atoms with Crippen LogP contribution in [-0.4, -0.2) is 19.1 Å². The normalized spacial score (nSPS) is 10.6. The summed E-state index contributed by atoms with van der Waals surface area (Å²) >= 11 is 0. The van der Waals surface area contributed by atoms with Crippen LogP contribution in [0.15, 0.2) is 36.4 Å². The number of rotatable bonds is 7. The summed E-state index contributed by atoms with van der Waals surface area (Å²) < 4.78 is 11.4. The van der Waals surface area contributed by atoms with E-state index in [1.54, 1.807) is 18.2 Å². The maximum atomic E-state index is 12.6. The molecule has 4 nitrogen and oxygen atoms in total. The Morgan fingerprint density at radius 3 is 2.44 bits per heavy atom. The molecule has 0 saturated carbocycles. The van der Waals surface area contributed by atoms with E-state index in [0.29, 0.717) is 36.2 Å². The van der Waals surface area contributed by atoms with Crippen molar-refractivity contribution >= 4 is 11.6 Å². The van der Waals surface area contributed by atoms with Crippen molar-refractivity contribution in [2.24, 2.45) is 5.92 Å². The van der Waals surface area contributed by atoms with Crippen molar-refractivity contribution in [2.45, 2.75) is 34.6 Å². The van der Waals surface area contributed by atoms with Gasteiger partial charge in [0.05, 0.1) is 13.2 Å². The Bertz CT molecular complexity index is 738. The monoisotopic (exact) mass is 341 g/mol. The van der Waals surface area contributed by atoms with Gasteiger partial charge in [0.1, 0.15) is 0 Å². The molecule has 25 heavy (non-hydrogen) atoms. The van der Waals surface area contributed by atoms with Crippen LogP contribution in [0.1, 0.15) is 42.3 Å². The van der Waals surface area contributed by atoms with Gasteiger partial charge in [0.25, 0.3) is 5.91 Å². The topological polar surface area (TPSA) is 47.6 Å². The first-order valence-corrected chi connectivity index (χ1v) is 8.69. The molecule has 1 N–H and O–H groups in total. The molecule has 0 saturated heterocycles. The summed E-state index contributed by atoms with van der Waals surface area (Å²) in [6, 6.07) is 11.2. The molecule has 0 fully saturated rings. The van der Waals surface area contributed by atoms with Crippen LogP contribution in [-0.2, 0) is 0 Å². The summed E-state index contributed by atoms with van der Waals surface area (Å²) in [6.45, 7) is 11.2. The van der Waals surface area contributed by atoms with Gasteiger partial charge in [-0.15, -0.1) is 0 Å². The molecule has 2 rings (SSSR count). The lowest BCUT2D eigenvalue weighted by molar-refractivity contribution is 0.102. The van der Waals surface area contributed by atoms with Crippen molar-refractivity contribution in [2.75, 3.05) is 18.5 Å². The Morgan fingerprint density at radius 2 is 1.80 bits per heavy atom. The third-order valence-electron chi connectivity index (χ3n) is 3.71. The van der Waals surface area contributed by atoms with Gasteiger partial charge in [-0.2, -0.15) is 0 Å². The molecule has 0 heterocycles. The molecule has 0 aliphatic rings. The van der Waals surface area contributed by atoms with E-state index in [9.17, 15) is 4.79 Å². The SMILES string of the molecule is CCOc1cc(C(=O)Nc2ccc(C)cc2C)ccc1OCC(C)C. The summed E-state index contributed by atoms with van der Waals surface area (Å²) in [5.74, 6) is 1.51. The molecule has 1 amide bonds. The molecule has 134 valence electrons. The van der Waals surface area contributed by atoms with Gasteiger partial charge in [0, 0.05) is 11.3 Å². The molecule has 0 atom stereocenters. The molecule has 0 unspecified atom stereocenters. The van der Waals surface area contributed by atoms with Gasteiger partial charge in [-0.05, 0) is 56.5 Å². The predicted octanol–water partition coefficient (Wildman–Crippen LogP) is 4.99. The van der Waals surface area contributed by atoms with Gasteiger partial charge < -0.3 is 14.8 Å². The lowest BCUT2D eigenvalue weighted by Crippen LogP contribution is -2.13. The molecular weight excluding hydrogens is 314 g/mol. The molecule has 0 aliphatic heterocycles. The highest BCUT2D eigenvalue weighted by molar-refractivity contribution is 6.05. The van der Waals surface area contributed by atoms with Crippen molar-refractivity contribution in [3.05, 3.63) is 53.1 Å². The maximum absolute atomic E-state index is 12.6. The minimum atomic E-state index is -0.164. The number of anilines is 1. The predicted molar refractivity (Wildman–Crippen MR) is 102 cm³/mol. The summed E-state index contributed by atoms with van der Waals surface area (Å²) in [6.07, 6.45) is 0. The van der Waals surface area contributed by atoms with Crippen LogP contribution in [0.3, 0.4) is 0 Å². The second-order valence-corrected chi connectivity index (χ2v) is 6.57. The molecular formula is C21H27NO3. The van der Waals surface area contributed by atoms with E-state index in [0.717, 1.165) is 11.3 Å². The van der Waals surface area contributed by atoms with Crippen LogP contribution in [0.4, 0.5) is 5.69 Å². The lowest BCUT2D eigenvalue weighted by Gasteiger charge is -2.15. The number of aryl methyl sites for hydroxylation is 2. The number of nitrogens with one attached hydrogen (secondary N) is 1. The average Bonchev–Trinajstić information content (AvgIpc) is 2.56. The Kier molecular flexibility index (Phi) is 6.45. The number of hydrogen-bond donors (Lipinski definition) is 1. The first-order chi connectivity index (χ1) is 11.9. The van der Waals surface area contributed by atoms with Crippen LogP contribution in [0.2, 0.25) is 0 Å². The van der Waals surface area contributed by atoms with Crippen LogP contribution >= 0.6 is 0 Å². The highest BCUT2D eigenvalue weighted by Crippen LogP contribution is 2.29. The highest BCUT2D eigenvalue weighted by atomic mass is 16.5. The van der Waals surface area contributed by atoms with E-state index >= 15 is 0 Å². The molecule has 0 bridgehead atoms. The Hall–Kier alpha value is -2.49. The fourth-order valence-corrected chi connectivity index (χ4v) is 2.44. The molecule has 0 spiro atoms. The maximum Gasteiger partial charge on any atom is 0.255 e. The van der Waals surface area contributed by atoms with Gasteiger partial charge in [0.15, 0.2) is 11.5 Å². The highest BCUT2D eigenvalue weighted by Gasteiger charge is 2.13. The third-order valence-corrected chi connectivity index (χ3v) is 3.71. The Labute approximate surface area is 150 Å². The van der Waals surface area contributed by atoms with E-state index in [-0.39, 0.29) is 5.91 Å². The molecule has 0 radical (unpaired) electrons. The quantitative estimate of drug-likeness (QED) is 0.772. The van der Waals surface area contributed by atoms with Crippen LogP contribution in [0.25, 0.3) is 0 Å². The second-order valence-electron chi connectivity index (χ2n) is 6.57. The average molecular weight is 341 g/mol. The van der Waals surface area contributed by atoms with Gasteiger partial charge in [-0.3, -0.25) is 4.79 Å². The number of amides is 1. The van der Waals surface area contributed by atoms with E-state index in [1.807, 2.05) is 39.0 Å². The summed E-state index contributed by atoms with van der Waals surface area (Å²) in [5, 5.41) is 2.96. The first-order valence-electron chi connectivity index (χ1n) is 8.69. The minimum Gasteiger partial charge on any atom is -0.490 e. The van der Waals surface area contributed by atoms with Gasteiger partial charge in [-0.1, -0.05) is 31.5 Å². The van der Waals surface area contributed by atoms with Crippen LogP contribution < -0.4 is 14.8 Å². The zero-order valence-electron chi connectivity index (χ0n) is 15.7. The van der Waals surface area contributed by atoms with Gasteiger partial charge in [-0.25, -0.2) is 0 Å². The minimum absolute atomic E-state index is 0.164. The smallest absolute Gasteiger partial charge is 0.255 e. The Morgan fingerprint density at radius 1 is 1.04 bits per heavy atom. The zero-order valence-corrected chi connectivity index (χ0v) is 15.7. The van der Waals surface area contributed by atoms with Crippen molar-refractivity contribution in [3.8, 4) is 11.5 Å². The van der Waals surface area contributed by atoms with Crippen molar-refractivity contribution < 1.29 is 14.3 Å². The standard InChI is InChI=1S/C21H27NO3/c1-6-24-20-12-17(8-10-19(20)25-13-14(2)3)21(23)22-18-9-7-15(4)11-16(18)5/h7-12,14H,6,13H2,1-5H3,(H,22,23). The molecule has 4 heteroatoms. The van der Waals surface area contributed by atoms with E-state index in [1.165, 1.54) is 5.56 Å². The fraction of sp³-hybridized carbons (Fsp3) is 0.381. The summed E-state index contributed by atoms with van der Waals surface area (Å²) in [5.41, 5.74) is 3.56. The number of carbonyl (C=O) groups excluding carboxylic acids is 1. The number of carbonyl (C=O) groups is 1. The van der Waals surface area contributed by atoms with Crippen molar-refractivity contribution in [1.29, 1.82) is 0 Å². The van der Waals surface area contributed by atoms with Gasteiger partial charge >= 0.3 is 0 Å². The molecule has 0 aliphatic carbocycles. The number of benzene rings is 2. The fourth-order valence-electron chi connectivity index (χ4n) is 2.44.